The number of hydrogen-bond donors (Lipinski definition) is 2. The molecule has 1 heterocycles. The molecule has 5 nitrogen and oxygen atoms in total. The van der Waals surface area contributed by atoms with E-state index in [9.17, 15) is 14.0 Å². The van der Waals surface area contributed by atoms with Crippen molar-refractivity contribution in [3.8, 4) is 0 Å². The highest BCUT2D eigenvalue weighted by atomic mass is 32.1. The summed E-state index contributed by atoms with van der Waals surface area (Å²) in [7, 11) is 0. The predicted octanol–water partition coefficient (Wildman–Crippen LogP) is 4.36. The Labute approximate surface area is 154 Å². The molecule has 0 spiro atoms. The first-order valence-corrected chi connectivity index (χ1v) is 9.10. The highest BCUT2D eigenvalue weighted by molar-refractivity contribution is 7.22. The van der Waals surface area contributed by atoms with Crippen molar-refractivity contribution >= 4 is 44.2 Å². The van der Waals surface area contributed by atoms with E-state index in [4.69, 9.17) is 0 Å². The Morgan fingerprint density at radius 3 is 2.58 bits per heavy atom. The van der Waals surface area contributed by atoms with Gasteiger partial charge in [0.05, 0.1) is 16.6 Å². The highest BCUT2D eigenvalue weighted by Crippen LogP contribution is 2.27. The summed E-state index contributed by atoms with van der Waals surface area (Å²) in [5.41, 5.74) is 2.17. The Kier molecular flexibility index (Phi) is 5.58. The number of aromatic nitrogens is 1. The number of anilines is 2. The van der Waals surface area contributed by atoms with Crippen LogP contribution < -0.4 is 10.6 Å². The van der Waals surface area contributed by atoms with E-state index in [1.54, 1.807) is 0 Å². The Bertz CT molecular complexity index is 938. The smallest absolute Gasteiger partial charge is 0.228 e. The highest BCUT2D eigenvalue weighted by Gasteiger charge is 2.10. The number of benzene rings is 2. The molecule has 7 heteroatoms. The molecule has 2 N–H and O–H groups in total. The van der Waals surface area contributed by atoms with Crippen LogP contribution in [0.2, 0.25) is 0 Å². The van der Waals surface area contributed by atoms with Crippen LogP contribution >= 0.6 is 11.3 Å². The van der Waals surface area contributed by atoms with Crippen LogP contribution in [0.3, 0.4) is 0 Å². The van der Waals surface area contributed by atoms with Gasteiger partial charge in [-0.05, 0) is 48.4 Å². The first kappa shape index (κ1) is 18.0. The van der Waals surface area contributed by atoms with Gasteiger partial charge >= 0.3 is 0 Å². The van der Waals surface area contributed by atoms with Crippen LogP contribution in [0, 0.1) is 5.82 Å². The van der Waals surface area contributed by atoms with Crippen molar-refractivity contribution in [2.45, 2.75) is 26.2 Å². The maximum Gasteiger partial charge on any atom is 0.228 e. The summed E-state index contributed by atoms with van der Waals surface area (Å²) in [6, 6.07) is 11.2. The molecule has 3 aromatic rings. The molecule has 0 saturated heterocycles. The molecule has 2 aromatic carbocycles. The average Bonchev–Trinajstić information content (AvgIpc) is 2.98. The fourth-order valence-electron chi connectivity index (χ4n) is 2.47. The van der Waals surface area contributed by atoms with Gasteiger partial charge in [-0.25, -0.2) is 9.37 Å². The van der Waals surface area contributed by atoms with E-state index in [0.29, 0.717) is 17.2 Å². The zero-order valence-corrected chi connectivity index (χ0v) is 15.0. The van der Waals surface area contributed by atoms with E-state index in [1.165, 1.54) is 35.6 Å². The zero-order valence-electron chi connectivity index (χ0n) is 14.2. The molecular weight excluding hydrogens is 353 g/mol. The molecular formula is C19H18FN3O2S. The lowest BCUT2D eigenvalue weighted by molar-refractivity contribution is -0.116. The van der Waals surface area contributed by atoms with Crippen molar-refractivity contribution in [1.82, 2.24) is 4.98 Å². The lowest BCUT2D eigenvalue weighted by atomic mass is 10.1. The van der Waals surface area contributed by atoms with Crippen molar-refractivity contribution < 1.29 is 14.0 Å². The van der Waals surface area contributed by atoms with Crippen LogP contribution in [-0.2, 0) is 16.0 Å². The van der Waals surface area contributed by atoms with Gasteiger partial charge in [0.1, 0.15) is 5.82 Å². The van der Waals surface area contributed by atoms with Gasteiger partial charge in [-0.2, -0.15) is 0 Å². The van der Waals surface area contributed by atoms with Crippen molar-refractivity contribution in [2.24, 2.45) is 0 Å². The maximum absolute atomic E-state index is 12.9. The second kappa shape index (κ2) is 8.05. The molecule has 26 heavy (non-hydrogen) atoms. The van der Waals surface area contributed by atoms with Gasteiger partial charge in [0.15, 0.2) is 5.13 Å². The topological polar surface area (TPSA) is 71.1 Å². The zero-order chi connectivity index (χ0) is 18.5. The van der Waals surface area contributed by atoms with Crippen LogP contribution in [0.1, 0.15) is 25.3 Å². The Balaban J connectivity index is 1.67. The summed E-state index contributed by atoms with van der Waals surface area (Å²) in [6.45, 7) is 1.95. The summed E-state index contributed by atoms with van der Waals surface area (Å²) in [5, 5.41) is 6.09. The largest absolute Gasteiger partial charge is 0.326 e. The van der Waals surface area contributed by atoms with Gasteiger partial charge in [-0.1, -0.05) is 24.3 Å². The molecule has 1 aromatic heterocycles. The third kappa shape index (κ3) is 4.64. The Morgan fingerprint density at radius 2 is 1.85 bits per heavy atom. The molecule has 0 atom stereocenters. The third-order valence-electron chi connectivity index (χ3n) is 3.67. The average molecular weight is 371 g/mol. The summed E-state index contributed by atoms with van der Waals surface area (Å²) < 4.78 is 13.8. The molecule has 0 unspecified atom stereocenters. The number of amides is 2. The lowest BCUT2D eigenvalue weighted by Crippen LogP contribution is -2.14. The Morgan fingerprint density at radius 1 is 1.08 bits per heavy atom. The predicted molar refractivity (Wildman–Crippen MR) is 102 cm³/mol. The quantitative estimate of drug-likeness (QED) is 0.676. The summed E-state index contributed by atoms with van der Waals surface area (Å²) >= 11 is 1.38. The lowest BCUT2D eigenvalue weighted by Gasteiger charge is -2.05. The maximum atomic E-state index is 12.9. The normalized spacial score (nSPS) is 10.7. The molecule has 0 radical (unpaired) electrons. The van der Waals surface area contributed by atoms with Crippen LogP contribution in [0.15, 0.2) is 42.5 Å². The minimum absolute atomic E-state index is 0.0505. The third-order valence-corrected chi connectivity index (χ3v) is 4.60. The van der Waals surface area contributed by atoms with Crippen molar-refractivity contribution in [2.75, 3.05) is 10.6 Å². The van der Waals surface area contributed by atoms with Crippen molar-refractivity contribution in [1.29, 1.82) is 0 Å². The number of nitrogens with zero attached hydrogens (tertiary/aromatic N) is 1. The second-order valence-corrected chi connectivity index (χ2v) is 6.88. The molecule has 3 rings (SSSR count). The minimum atomic E-state index is -0.347. The molecule has 0 bridgehead atoms. The molecule has 134 valence electrons. The molecule has 0 aliphatic carbocycles. The standard InChI is InChI=1S/C19H18FN3O2S/c1-2-3-17(24)23-19-22-15-9-4-12(10-16(15)26-19)11-18(25)21-14-7-5-13(20)6-8-14/h4-10H,2-3,11H2,1H3,(H,21,25)(H,22,23,24). The van der Waals surface area contributed by atoms with E-state index in [-0.39, 0.29) is 24.1 Å². The van der Waals surface area contributed by atoms with E-state index >= 15 is 0 Å². The van der Waals surface area contributed by atoms with Gasteiger partial charge in [-0.15, -0.1) is 0 Å². The summed E-state index contributed by atoms with van der Waals surface area (Å²) in [6.07, 6.45) is 1.44. The van der Waals surface area contributed by atoms with Gasteiger partial charge in [-0.3, -0.25) is 9.59 Å². The van der Waals surface area contributed by atoms with Gasteiger partial charge in [0, 0.05) is 12.1 Å². The van der Waals surface area contributed by atoms with Crippen LogP contribution in [0.5, 0.6) is 0 Å². The number of carbonyl (C=O) groups is 2. The summed E-state index contributed by atoms with van der Waals surface area (Å²) in [4.78, 5) is 28.2. The number of thiazole rings is 1. The minimum Gasteiger partial charge on any atom is -0.326 e. The number of carbonyl (C=O) groups excluding carboxylic acids is 2. The van der Waals surface area contributed by atoms with Crippen LogP contribution in [0.25, 0.3) is 10.2 Å². The van der Waals surface area contributed by atoms with Gasteiger partial charge < -0.3 is 10.6 Å². The molecule has 2 amide bonds. The van der Waals surface area contributed by atoms with E-state index in [0.717, 1.165) is 22.2 Å². The van der Waals surface area contributed by atoms with E-state index < -0.39 is 0 Å². The number of fused-ring (bicyclic) bond motifs is 1. The monoisotopic (exact) mass is 371 g/mol. The molecule has 0 aliphatic rings. The fourth-order valence-corrected chi connectivity index (χ4v) is 3.41. The first-order valence-electron chi connectivity index (χ1n) is 8.28. The van der Waals surface area contributed by atoms with E-state index in [1.807, 2.05) is 25.1 Å². The van der Waals surface area contributed by atoms with Gasteiger partial charge in [0.2, 0.25) is 11.8 Å². The SMILES string of the molecule is CCCC(=O)Nc1nc2ccc(CC(=O)Nc3ccc(F)cc3)cc2s1. The van der Waals surface area contributed by atoms with E-state index in [2.05, 4.69) is 15.6 Å². The molecule has 0 fully saturated rings. The number of nitrogens with one attached hydrogen (secondary N) is 2. The fraction of sp³-hybridized carbons (Fsp3) is 0.211. The number of rotatable bonds is 6. The molecule has 0 aliphatic heterocycles. The van der Waals surface area contributed by atoms with Crippen molar-refractivity contribution in [3.05, 3.63) is 53.8 Å². The Hall–Kier alpha value is -2.80. The van der Waals surface area contributed by atoms with Crippen LogP contribution in [-0.4, -0.2) is 16.8 Å². The second-order valence-electron chi connectivity index (χ2n) is 5.85. The first-order chi connectivity index (χ1) is 12.5. The summed E-state index contributed by atoms with van der Waals surface area (Å²) in [5.74, 6) is -0.581. The number of hydrogen-bond acceptors (Lipinski definition) is 4. The van der Waals surface area contributed by atoms with Gasteiger partial charge in [0.25, 0.3) is 0 Å². The molecule has 0 saturated carbocycles. The number of halogens is 1. The van der Waals surface area contributed by atoms with Crippen LogP contribution in [0.4, 0.5) is 15.2 Å². The van der Waals surface area contributed by atoms with Crippen molar-refractivity contribution in [3.63, 3.8) is 0 Å².